The van der Waals surface area contributed by atoms with Gasteiger partial charge in [0, 0.05) is 37.7 Å². The van der Waals surface area contributed by atoms with Crippen LogP contribution >= 0.6 is 0 Å². The molecule has 1 aliphatic rings. The molecule has 130 valence electrons. The Kier molecular flexibility index (Phi) is 5.28. The van der Waals surface area contributed by atoms with Crippen molar-refractivity contribution in [1.29, 1.82) is 0 Å². The molecule has 1 fully saturated rings. The molecule has 3 rings (SSSR count). The molecular weight excluding hydrogens is 321 g/mol. The van der Waals surface area contributed by atoms with Crippen LogP contribution in [-0.2, 0) is 11.3 Å². The van der Waals surface area contributed by atoms with Gasteiger partial charge in [-0.05, 0) is 29.8 Å². The van der Waals surface area contributed by atoms with E-state index in [-0.39, 0.29) is 23.7 Å². The molecule has 0 saturated carbocycles. The van der Waals surface area contributed by atoms with E-state index in [4.69, 9.17) is 0 Å². The Morgan fingerprint density at radius 1 is 1.08 bits per heavy atom. The van der Waals surface area contributed by atoms with E-state index in [1.807, 2.05) is 30.3 Å². The van der Waals surface area contributed by atoms with Crippen molar-refractivity contribution >= 4 is 17.6 Å². The first-order valence-corrected chi connectivity index (χ1v) is 8.23. The van der Waals surface area contributed by atoms with Crippen LogP contribution in [0, 0.1) is 11.7 Å². The van der Waals surface area contributed by atoms with E-state index < -0.39 is 0 Å². The first-order chi connectivity index (χ1) is 12.1. The second-order valence-corrected chi connectivity index (χ2v) is 6.10. The number of halogens is 1. The Morgan fingerprint density at radius 2 is 1.80 bits per heavy atom. The summed E-state index contributed by atoms with van der Waals surface area (Å²) < 4.78 is 13.0. The maximum absolute atomic E-state index is 13.0. The molecule has 3 amide bonds. The molecule has 0 radical (unpaired) electrons. The second kappa shape index (κ2) is 7.79. The van der Waals surface area contributed by atoms with Crippen molar-refractivity contribution in [3.05, 3.63) is 66.0 Å². The average molecular weight is 341 g/mol. The van der Waals surface area contributed by atoms with E-state index in [1.54, 1.807) is 17.0 Å². The summed E-state index contributed by atoms with van der Waals surface area (Å²) in [6, 6.07) is 15.3. The Bertz CT molecular complexity index is 734. The number of rotatable bonds is 5. The van der Waals surface area contributed by atoms with Crippen LogP contribution < -0.4 is 15.5 Å². The number of urea groups is 1. The zero-order valence-corrected chi connectivity index (χ0v) is 13.7. The van der Waals surface area contributed by atoms with Crippen LogP contribution in [-0.4, -0.2) is 25.0 Å². The number of carbonyl (C=O) groups excluding carboxylic acids is 2. The van der Waals surface area contributed by atoms with Crippen LogP contribution in [0.1, 0.15) is 12.0 Å². The lowest BCUT2D eigenvalue weighted by Gasteiger charge is -2.17. The minimum atomic E-state index is -0.330. The molecule has 0 aromatic heterocycles. The number of hydrogen-bond acceptors (Lipinski definition) is 2. The monoisotopic (exact) mass is 341 g/mol. The number of amides is 3. The number of anilines is 1. The van der Waals surface area contributed by atoms with Gasteiger partial charge in [0.15, 0.2) is 0 Å². The van der Waals surface area contributed by atoms with E-state index >= 15 is 0 Å². The highest BCUT2D eigenvalue weighted by molar-refractivity contribution is 5.95. The smallest absolute Gasteiger partial charge is 0.315 e. The molecule has 0 spiro atoms. The molecule has 1 heterocycles. The van der Waals surface area contributed by atoms with Crippen molar-refractivity contribution in [2.75, 3.05) is 18.0 Å². The SMILES string of the molecule is O=C(NCc1ccccc1)NCC1CC(=O)N(c2ccc(F)cc2)C1. The normalized spacial score (nSPS) is 16.8. The molecule has 1 unspecified atom stereocenters. The zero-order valence-electron chi connectivity index (χ0n) is 13.7. The molecular formula is C19H20FN3O2. The molecule has 0 aliphatic carbocycles. The van der Waals surface area contributed by atoms with Gasteiger partial charge < -0.3 is 15.5 Å². The van der Waals surface area contributed by atoms with Crippen molar-refractivity contribution in [1.82, 2.24) is 10.6 Å². The van der Waals surface area contributed by atoms with E-state index in [9.17, 15) is 14.0 Å². The maximum Gasteiger partial charge on any atom is 0.315 e. The van der Waals surface area contributed by atoms with E-state index in [0.29, 0.717) is 31.7 Å². The molecule has 1 saturated heterocycles. The first-order valence-electron chi connectivity index (χ1n) is 8.23. The number of benzene rings is 2. The lowest BCUT2D eigenvalue weighted by molar-refractivity contribution is -0.117. The van der Waals surface area contributed by atoms with Crippen LogP contribution in [0.15, 0.2) is 54.6 Å². The van der Waals surface area contributed by atoms with Gasteiger partial charge in [-0.15, -0.1) is 0 Å². The molecule has 1 aliphatic heterocycles. The van der Waals surface area contributed by atoms with Gasteiger partial charge in [-0.25, -0.2) is 9.18 Å². The second-order valence-electron chi connectivity index (χ2n) is 6.10. The van der Waals surface area contributed by atoms with Crippen molar-refractivity contribution in [2.24, 2.45) is 5.92 Å². The quantitative estimate of drug-likeness (QED) is 0.878. The minimum absolute atomic E-state index is 0.0110. The molecule has 1 atom stereocenters. The maximum atomic E-state index is 13.0. The van der Waals surface area contributed by atoms with Crippen LogP contribution in [0.25, 0.3) is 0 Å². The van der Waals surface area contributed by atoms with Crippen molar-refractivity contribution in [2.45, 2.75) is 13.0 Å². The zero-order chi connectivity index (χ0) is 17.6. The van der Waals surface area contributed by atoms with Crippen LogP contribution in [0.5, 0.6) is 0 Å². The third-order valence-electron chi connectivity index (χ3n) is 4.19. The van der Waals surface area contributed by atoms with E-state index in [0.717, 1.165) is 5.56 Å². The van der Waals surface area contributed by atoms with Crippen LogP contribution in [0.2, 0.25) is 0 Å². The fourth-order valence-corrected chi connectivity index (χ4v) is 2.87. The predicted molar refractivity (Wildman–Crippen MR) is 93.5 cm³/mol. The highest BCUT2D eigenvalue weighted by atomic mass is 19.1. The molecule has 2 aromatic carbocycles. The number of carbonyl (C=O) groups is 2. The molecule has 2 N–H and O–H groups in total. The van der Waals surface area contributed by atoms with Crippen molar-refractivity contribution in [3.63, 3.8) is 0 Å². The molecule has 0 bridgehead atoms. The van der Waals surface area contributed by atoms with Crippen LogP contribution in [0.3, 0.4) is 0 Å². The summed E-state index contributed by atoms with van der Waals surface area (Å²) in [6.45, 7) is 1.39. The molecule has 5 nitrogen and oxygen atoms in total. The van der Waals surface area contributed by atoms with Crippen LogP contribution in [0.4, 0.5) is 14.9 Å². The minimum Gasteiger partial charge on any atom is -0.338 e. The number of hydrogen-bond donors (Lipinski definition) is 2. The number of nitrogens with one attached hydrogen (secondary N) is 2. The van der Waals surface area contributed by atoms with Crippen molar-refractivity contribution in [3.8, 4) is 0 Å². The van der Waals surface area contributed by atoms with Gasteiger partial charge in [0.1, 0.15) is 5.82 Å². The Labute approximate surface area is 145 Å². The summed E-state index contributed by atoms with van der Waals surface area (Å²) in [7, 11) is 0. The third kappa shape index (κ3) is 4.56. The Morgan fingerprint density at radius 3 is 2.52 bits per heavy atom. The first kappa shape index (κ1) is 17.0. The van der Waals surface area contributed by atoms with E-state index in [2.05, 4.69) is 10.6 Å². The third-order valence-corrected chi connectivity index (χ3v) is 4.19. The number of nitrogens with zero attached hydrogens (tertiary/aromatic N) is 1. The van der Waals surface area contributed by atoms with Crippen molar-refractivity contribution < 1.29 is 14.0 Å². The van der Waals surface area contributed by atoms with E-state index in [1.165, 1.54) is 12.1 Å². The van der Waals surface area contributed by atoms with Gasteiger partial charge in [0.25, 0.3) is 0 Å². The summed E-state index contributed by atoms with van der Waals surface area (Å²) in [5, 5.41) is 5.60. The standard InChI is InChI=1S/C19H20FN3O2/c20-16-6-8-17(9-7-16)23-13-15(10-18(23)24)12-22-19(25)21-11-14-4-2-1-3-5-14/h1-9,15H,10-13H2,(H2,21,22,25). The summed E-state index contributed by atoms with van der Waals surface area (Å²) in [6.07, 6.45) is 0.371. The van der Waals surface area contributed by atoms with Gasteiger partial charge in [-0.3, -0.25) is 4.79 Å². The summed E-state index contributed by atoms with van der Waals surface area (Å²) in [5.74, 6) is -0.299. The molecule has 25 heavy (non-hydrogen) atoms. The van der Waals surface area contributed by atoms with Gasteiger partial charge in [0.2, 0.25) is 5.91 Å². The predicted octanol–water partition coefficient (Wildman–Crippen LogP) is 2.68. The largest absolute Gasteiger partial charge is 0.338 e. The Balaban J connectivity index is 1.45. The molecule has 6 heteroatoms. The summed E-state index contributed by atoms with van der Waals surface area (Å²) in [5.41, 5.74) is 1.71. The van der Waals surface area contributed by atoms with Gasteiger partial charge in [0.05, 0.1) is 0 Å². The Hall–Kier alpha value is -2.89. The van der Waals surface area contributed by atoms with Gasteiger partial charge in [-0.1, -0.05) is 30.3 Å². The average Bonchev–Trinajstić information content (AvgIpc) is 3.00. The highest BCUT2D eigenvalue weighted by Gasteiger charge is 2.30. The van der Waals surface area contributed by atoms with Gasteiger partial charge >= 0.3 is 6.03 Å². The summed E-state index contributed by atoms with van der Waals surface area (Å²) in [4.78, 5) is 25.6. The lowest BCUT2D eigenvalue weighted by atomic mass is 10.1. The highest BCUT2D eigenvalue weighted by Crippen LogP contribution is 2.24. The topological polar surface area (TPSA) is 61.4 Å². The van der Waals surface area contributed by atoms with Gasteiger partial charge in [-0.2, -0.15) is 0 Å². The molecule has 2 aromatic rings. The lowest BCUT2D eigenvalue weighted by Crippen LogP contribution is -2.38. The summed E-state index contributed by atoms with van der Waals surface area (Å²) >= 11 is 0. The fourth-order valence-electron chi connectivity index (χ4n) is 2.87. The fraction of sp³-hybridized carbons (Fsp3) is 0.263.